The number of benzene rings is 2. The number of halogens is 3. The summed E-state index contributed by atoms with van der Waals surface area (Å²) in [6, 6.07) is 7.55. The Labute approximate surface area is 121 Å². The molecule has 0 radical (unpaired) electrons. The molecule has 4 nitrogen and oxygen atoms in total. The number of hydrogen-bond donors (Lipinski definition) is 1. The van der Waals surface area contributed by atoms with E-state index in [1.165, 1.54) is 6.07 Å². The average Bonchev–Trinajstić information content (AvgIpc) is 2.40. The van der Waals surface area contributed by atoms with Crippen LogP contribution in [0.3, 0.4) is 0 Å². The van der Waals surface area contributed by atoms with Crippen molar-refractivity contribution in [1.29, 1.82) is 0 Å². The first kappa shape index (κ1) is 14.4. The number of anilines is 1. The second kappa shape index (κ2) is 5.96. The Bertz CT molecular complexity index is 665. The van der Waals surface area contributed by atoms with Gasteiger partial charge >= 0.3 is 0 Å². The van der Waals surface area contributed by atoms with Gasteiger partial charge in [0.15, 0.2) is 0 Å². The van der Waals surface area contributed by atoms with Crippen LogP contribution in [-0.4, -0.2) is 4.92 Å². The first-order valence-corrected chi connectivity index (χ1v) is 6.38. The van der Waals surface area contributed by atoms with Crippen LogP contribution in [0.4, 0.5) is 20.2 Å². The van der Waals surface area contributed by atoms with E-state index < -0.39 is 16.6 Å². The molecule has 0 aliphatic rings. The summed E-state index contributed by atoms with van der Waals surface area (Å²) in [6.45, 7) is 0.0178. The van der Waals surface area contributed by atoms with Crippen LogP contribution in [0.5, 0.6) is 0 Å². The molecular formula is C13H9BrF2N2O2. The summed E-state index contributed by atoms with van der Waals surface area (Å²) in [6.07, 6.45) is 0. The highest BCUT2D eigenvalue weighted by molar-refractivity contribution is 9.10. The molecule has 2 rings (SSSR count). The van der Waals surface area contributed by atoms with Crippen LogP contribution >= 0.6 is 15.9 Å². The van der Waals surface area contributed by atoms with E-state index in [2.05, 4.69) is 21.2 Å². The second-order valence-corrected chi connectivity index (χ2v) is 4.92. The molecular weight excluding hydrogens is 334 g/mol. The maximum Gasteiger partial charge on any atom is 0.275 e. The fraction of sp³-hybridized carbons (Fsp3) is 0.0769. The zero-order chi connectivity index (χ0) is 14.7. The van der Waals surface area contributed by atoms with Crippen LogP contribution in [0.2, 0.25) is 0 Å². The predicted molar refractivity (Wildman–Crippen MR) is 74.5 cm³/mol. The molecule has 0 fully saturated rings. The van der Waals surface area contributed by atoms with Gasteiger partial charge in [-0.15, -0.1) is 0 Å². The molecule has 0 amide bonds. The van der Waals surface area contributed by atoms with Gasteiger partial charge in [-0.05, 0) is 30.3 Å². The SMILES string of the molecule is O=[N+]([O-])c1cc(Br)ccc1CNc1cc(F)ccc1F. The molecule has 104 valence electrons. The molecule has 0 heterocycles. The lowest BCUT2D eigenvalue weighted by Crippen LogP contribution is -2.04. The number of hydrogen-bond acceptors (Lipinski definition) is 3. The summed E-state index contributed by atoms with van der Waals surface area (Å²) in [5.74, 6) is -1.20. The van der Waals surface area contributed by atoms with Crippen molar-refractivity contribution in [1.82, 2.24) is 0 Å². The van der Waals surface area contributed by atoms with Crippen molar-refractivity contribution in [2.75, 3.05) is 5.32 Å². The van der Waals surface area contributed by atoms with Gasteiger partial charge in [0.1, 0.15) is 11.6 Å². The van der Waals surface area contributed by atoms with Gasteiger partial charge in [-0.3, -0.25) is 10.1 Å². The maximum atomic E-state index is 13.4. The Balaban J connectivity index is 2.23. The predicted octanol–water partition coefficient (Wildman–Crippen LogP) is 4.25. The molecule has 0 atom stereocenters. The van der Waals surface area contributed by atoms with E-state index in [0.29, 0.717) is 10.0 Å². The van der Waals surface area contributed by atoms with E-state index in [0.717, 1.165) is 18.2 Å². The molecule has 20 heavy (non-hydrogen) atoms. The summed E-state index contributed by atoms with van der Waals surface area (Å²) in [7, 11) is 0. The topological polar surface area (TPSA) is 55.2 Å². The number of nitro benzene ring substituents is 1. The number of nitro groups is 1. The van der Waals surface area contributed by atoms with Crippen LogP contribution in [0.25, 0.3) is 0 Å². The smallest absolute Gasteiger partial charge is 0.275 e. The minimum atomic E-state index is -0.619. The van der Waals surface area contributed by atoms with Crippen molar-refractivity contribution >= 4 is 27.3 Å². The van der Waals surface area contributed by atoms with Crippen molar-refractivity contribution in [3.8, 4) is 0 Å². The van der Waals surface area contributed by atoms with Gasteiger partial charge < -0.3 is 5.32 Å². The molecule has 0 saturated carbocycles. The molecule has 0 bridgehead atoms. The molecule has 1 N–H and O–H groups in total. The number of nitrogens with zero attached hydrogens (tertiary/aromatic N) is 1. The van der Waals surface area contributed by atoms with Crippen LogP contribution in [0, 0.1) is 21.7 Å². The van der Waals surface area contributed by atoms with Crippen molar-refractivity contribution in [3.63, 3.8) is 0 Å². The minimum Gasteiger partial charge on any atom is -0.378 e. The van der Waals surface area contributed by atoms with Crippen molar-refractivity contribution < 1.29 is 13.7 Å². The highest BCUT2D eigenvalue weighted by Gasteiger charge is 2.14. The minimum absolute atomic E-state index is 0.0178. The van der Waals surface area contributed by atoms with E-state index in [1.807, 2.05) is 0 Å². The Morgan fingerprint density at radius 3 is 2.65 bits per heavy atom. The van der Waals surface area contributed by atoms with Crippen LogP contribution in [0.15, 0.2) is 40.9 Å². The summed E-state index contributed by atoms with van der Waals surface area (Å²) < 4.78 is 27.0. The van der Waals surface area contributed by atoms with Crippen LogP contribution < -0.4 is 5.32 Å². The first-order chi connectivity index (χ1) is 9.47. The third-order valence-corrected chi connectivity index (χ3v) is 3.13. The number of nitrogens with one attached hydrogen (secondary N) is 1. The van der Waals surface area contributed by atoms with E-state index in [9.17, 15) is 18.9 Å². The lowest BCUT2D eigenvalue weighted by Gasteiger charge is -2.08. The highest BCUT2D eigenvalue weighted by atomic mass is 79.9. The normalized spacial score (nSPS) is 10.3. The third-order valence-electron chi connectivity index (χ3n) is 2.64. The zero-order valence-electron chi connectivity index (χ0n) is 10.1. The third kappa shape index (κ3) is 3.30. The molecule has 0 spiro atoms. The van der Waals surface area contributed by atoms with E-state index in [-0.39, 0.29) is 17.9 Å². The van der Waals surface area contributed by atoms with Gasteiger partial charge in [0.2, 0.25) is 0 Å². The van der Waals surface area contributed by atoms with E-state index in [4.69, 9.17) is 0 Å². The van der Waals surface area contributed by atoms with Gasteiger partial charge in [0.25, 0.3) is 5.69 Å². The molecule has 0 aliphatic carbocycles. The summed E-state index contributed by atoms with van der Waals surface area (Å²) >= 11 is 3.15. The molecule has 0 saturated heterocycles. The summed E-state index contributed by atoms with van der Waals surface area (Å²) in [4.78, 5) is 10.4. The van der Waals surface area contributed by atoms with Gasteiger partial charge in [0, 0.05) is 22.6 Å². The standard InChI is InChI=1S/C13H9BrF2N2O2/c14-9-2-1-8(13(5-9)18(19)20)7-17-12-6-10(15)3-4-11(12)16/h1-6,17H,7H2. The fourth-order valence-electron chi connectivity index (χ4n) is 1.68. The van der Waals surface area contributed by atoms with Gasteiger partial charge in [-0.1, -0.05) is 15.9 Å². The Morgan fingerprint density at radius 1 is 1.20 bits per heavy atom. The molecule has 0 unspecified atom stereocenters. The Kier molecular flexibility index (Phi) is 4.29. The largest absolute Gasteiger partial charge is 0.378 e. The van der Waals surface area contributed by atoms with Crippen molar-refractivity contribution in [2.45, 2.75) is 6.54 Å². The highest BCUT2D eigenvalue weighted by Crippen LogP contribution is 2.25. The van der Waals surface area contributed by atoms with Crippen molar-refractivity contribution in [3.05, 3.63) is 68.2 Å². The quantitative estimate of drug-likeness (QED) is 0.667. The first-order valence-electron chi connectivity index (χ1n) is 5.59. The number of rotatable bonds is 4. The van der Waals surface area contributed by atoms with Gasteiger partial charge in [-0.2, -0.15) is 0 Å². The van der Waals surface area contributed by atoms with Gasteiger partial charge in [0.05, 0.1) is 10.6 Å². The summed E-state index contributed by atoms with van der Waals surface area (Å²) in [5.41, 5.74) is 0.243. The lowest BCUT2D eigenvalue weighted by atomic mass is 10.1. The zero-order valence-corrected chi connectivity index (χ0v) is 11.7. The maximum absolute atomic E-state index is 13.4. The lowest BCUT2D eigenvalue weighted by molar-refractivity contribution is -0.385. The van der Waals surface area contributed by atoms with Crippen molar-refractivity contribution in [2.24, 2.45) is 0 Å². The monoisotopic (exact) mass is 342 g/mol. The average molecular weight is 343 g/mol. The Morgan fingerprint density at radius 2 is 1.95 bits per heavy atom. The molecule has 2 aromatic carbocycles. The summed E-state index contributed by atoms with van der Waals surface area (Å²) in [5, 5.41) is 13.6. The molecule has 0 aliphatic heterocycles. The second-order valence-electron chi connectivity index (χ2n) is 4.01. The molecule has 2 aromatic rings. The van der Waals surface area contributed by atoms with E-state index >= 15 is 0 Å². The molecule has 7 heteroatoms. The van der Waals surface area contributed by atoms with Gasteiger partial charge in [-0.25, -0.2) is 8.78 Å². The Hall–Kier alpha value is -2.02. The van der Waals surface area contributed by atoms with Crippen LogP contribution in [0.1, 0.15) is 5.56 Å². The van der Waals surface area contributed by atoms with E-state index in [1.54, 1.807) is 12.1 Å². The molecule has 0 aromatic heterocycles. The fourth-order valence-corrected chi connectivity index (χ4v) is 2.03. The van der Waals surface area contributed by atoms with Crippen LogP contribution in [-0.2, 0) is 6.54 Å².